The van der Waals surface area contributed by atoms with Crippen LogP contribution in [0.1, 0.15) is 37.2 Å². The summed E-state index contributed by atoms with van der Waals surface area (Å²) >= 11 is 0. The summed E-state index contributed by atoms with van der Waals surface area (Å²) < 4.78 is 0. The molecular weight excluding hydrogens is 244 g/mol. The fourth-order valence-electron chi connectivity index (χ4n) is 3.78. The van der Waals surface area contributed by atoms with E-state index in [1.54, 1.807) is 5.56 Å². The van der Waals surface area contributed by atoms with Crippen molar-refractivity contribution in [1.29, 1.82) is 0 Å². The number of benzene rings is 1. The van der Waals surface area contributed by atoms with Gasteiger partial charge in [-0.1, -0.05) is 30.3 Å². The van der Waals surface area contributed by atoms with E-state index in [2.05, 4.69) is 47.2 Å². The molecule has 2 aliphatic rings. The molecule has 2 saturated heterocycles. The van der Waals surface area contributed by atoms with Crippen LogP contribution in [-0.4, -0.2) is 49.6 Å². The van der Waals surface area contributed by atoms with Gasteiger partial charge in [-0.3, -0.25) is 0 Å². The second-order valence-corrected chi connectivity index (χ2v) is 6.73. The molecule has 0 aromatic heterocycles. The maximum atomic E-state index is 2.72. The number of nitrogens with zero attached hydrogens (tertiary/aromatic N) is 2. The van der Waals surface area contributed by atoms with Crippen LogP contribution < -0.4 is 0 Å². The summed E-state index contributed by atoms with van der Waals surface area (Å²) in [4.78, 5) is 5.19. The van der Waals surface area contributed by atoms with Gasteiger partial charge in [0.05, 0.1) is 0 Å². The monoisotopic (exact) mass is 272 g/mol. The molecule has 0 spiro atoms. The van der Waals surface area contributed by atoms with Crippen LogP contribution in [0.4, 0.5) is 0 Å². The SMILES string of the molecule is CN1CCC(CN2CCC(c3ccccc3)CC2)CC1. The molecular formula is C18H28N2. The molecule has 0 atom stereocenters. The minimum absolute atomic E-state index is 0.796. The molecule has 0 radical (unpaired) electrons. The van der Waals surface area contributed by atoms with Crippen molar-refractivity contribution in [3.63, 3.8) is 0 Å². The van der Waals surface area contributed by atoms with Crippen LogP contribution >= 0.6 is 0 Å². The van der Waals surface area contributed by atoms with Crippen LogP contribution in [0.2, 0.25) is 0 Å². The van der Waals surface area contributed by atoms with E-state index in [0.717, 1.165) is 11.8 Å². The van der Waals surface area contributed by atoms with Crippen molar-refractivity contribution in [2.45, 2.75) is 31.6 Å². The highest BCUT2D eigenvalue weighted by molar-refractivity contribution is 5.20. The minimum atomic E-state index is 0.796. The van der Waals surface area contributed by atoms with E-state index in [1.807, 2.05) is 0 Å². The van der Waals surface area contributed by atoms with Crippen LogP contribution in [0.25, 0.3) is 0 Å². The first-order chi connectivity index (χ1) is 9.81. The average Bonchev–Trinajstić information content (AvgIpc) is 2.51. The van der Waals surface area contributed by atoms with Crippen molar-refractivity contribution >= 4 is 0 Å². The second-order valence-electron chi connectivity index (χ2n) is 6.73. The number of hydrogen-bond acceptors (Lipinski definition) is 2. The lowest BCUT2D eigenvalue weighted by molar-refractivity contribution is 0.139. The van der Waals surface area contributed by atoms with E-state index in [1.165, 1.54) is 58.4 Å². The van der Waals surface area contributed by atoms with Gasteiger partial charge in [-0.15, -0.1) is 0 Å². The van der Waals surface area contributed by atoms with Crippen LogP contribution in [-0.2, 0) is 0 Å². The Morgan fingerprint density at radius 1 is 0.900 bits per heavy atom. The number of hydrogen-bond donors (Lipinski definition) is 0. The first kappa shape index (κ1) is 14.1. The Balaban J connectivity index is 1.44. The van der Waals surface area contributed by atoms with Crippen LogP contribution in [0.5, 0.6) is 0 Å². The first-order valence-electron chi connectivity index (χ1n) is 8.27. The lowest BCUT2D eigenvalue weighted by atomic mass is 9.88. The maximum absolute atomic E-state index is 2.72. The number of rotatable bonds is 3. The third-order valence-electron chi connectivity index (χ3n) is 5.21. The van der Waals surface area contributed by atoms with E-state index >= 15 is 0 Å². The molecule has 2 heteroatoms. The predicted octanol–water partition coefficient (Wildman–Crippen LogP) is 3.21. The Kier molecular flexibility index (Phi) is 4.74. The Bertz CT molecular complexity index is 387. The zero-order valence-corrected chi connectivity index (χ0v) is 12.8. The number of likely N-dealkylation sites (tertiary alicyclic amines) is 2. The van der Waals surface area contributed by atoms with E-state index in [-0.39, 0.29) is 0 Å². The summed E-state index contributed by atoms with van der Waals surface area (Å²) in [5.74, 6) is 1.74. The summed E-state index contributed by atoms with van der Waals surface area (Å²) in [6, 6.07) is 11.1. The van der Waals surface area contributed by atoms with Gasteiger partial charge in [-0.25, -0.2) is 0 Å². The Morgan fingerprint density at radius 3 is 2.20 bits per heavy atom. The van der Waals surface area contributed by atoms with Gasteiger partial charge >= 0.3 is 0 Å². The molecule has 1 aromatic rings. The van der Waals surface area contributed by atoms with Crippen molar-refractivity contribution < 1.29 is 0 Å². The maximum Gasteiger partial charge on any atom is 0.00106 e. The quantitative estimate of drug-likeness (QED) is 0.833. The third-order valence-corrected chi connectivity index (χ3v) is 5.21. The Labute approximate surface area is 123 Å². The lowest BCUT2D eigenvalue weighted by Crippen LogP contribution is -2.40. The highest BCUT2D eigenvalue weighted by Gasteiger charge is 2.24. The molecule has 1 aromatic carbocycles. The minimum Gasteiger partial charge on any atom is -0.306 e. The molecule has 2 heterocycles. The van der Waals surface area contributed by atoms with E-state index in [4.69, 9.17) is 0 Å². The van der Waals surface area contributed by atoms with Gasteiger partial charge < -0.3 is 9.80 Å². The van der Waals surface area contributed by atoms with Gasteiger partial charge in [0, 0.05) is 6.54 Å². The van der Waals surface area contributed by atoms with Crippen LogP contribution in [0.15, 0.2) is 30.3 Å². The second kappa shape index (κ2) is 6.73. The Morgan fingerprint density at radius 2 is 1.55 bits per heavy atom. The molecule has 3 rings (SSSR count). The fraction of sp³-hybridized carbons (Fsp3) is 0.667. The van der Waals surface area contributed by atoms with E-state index < -0.39 is 0 Å². The highest BCUT2D eigenvalue weighted by Crippen LogP contribution is 2.29. The molecule has 110 valence electrons. The number of piperidine rings is 2. The fourth-order valence-corrected chi connectivity index (χ4v) is 3.78. The average molecular weight is 272 g/mol. The molecule has 2 aliphatic heterocycles. The van der Waals surface area contributed by atoms with Crippen molar-refractivity contribution in [2.24, 2.45) is 5.92 Å². The van der Waals surface area contributed by atoms with Gasteiger partial charge in [-0.2, -0.15) is 0 Å². The van der Waals surface area contributed by atoms with Gasteiger partial charge in [0.1, 0.15) is 0 Å². The van der Waals surface area contributed by atoms with Gasteiger partial charge in [-0.05, 0) is 76.3 Å². The molecule has 2 fully saturated rings. The molecule has 0 unspecified atom stereocenters. The summed E-state index contributed by atoms with van der Waals surface area (Å²) in [5, 5.41) is 0. The van der Waals surface area contributed by atoms with Gasteiger partial charge in [0.25, 0.3) is 0 Å². The van der Waals surface area contributed by atoms with Crippen molar-refractivity contribution in [3.8, 4) is 0 Å². The summed E-state index contributed by atoms with van der Waals surface area (Å²) in [5.41, 5.74) is 1.55. The summed E-state index contributed by atoms with van der Waals surface area (Å²) in [6.07, 6.45) is 5.48. The molecule has 2 nitrogen and oxygen atoms in total. The largest absolute Gasteiger partial charge is 0.306 e. The highest BCUT2D eigenvalue weighted by atomic mass is 15.1. The van der Waals surface area contributed by atoms with Gasteiger partial charge in [0.15, 0.2) is 0 Å². The molecule has 20 heavy (non-hydrogen) atoms. The normalized spacial score (nSPS) is 24.1. The zero-order valence-electron chi connectivity index (χ0n) is 12.8. The van der Waals surface area contributed by atoms with E-state index in [9.17, 15) is 0 Å². The van der Waals surface area contributed by atoms with Crippen molar-refractivity contribution in [3.05, 3.63) is 35.9 Å². The van der Waals surface area contributed by atoms with Gasteiger partial charge in [0.2, 0.25) is 0 Å². The van der Waals surface area contributed by atoms with Crippen LogP contribution in [0, 0.1) is 5.92 Å². The van der Waals surface area contributed by atoms with Crippen molar-refractivity contribution in [1.82, 2.24) is 9.80 Å². The topological polar surface area (TPSA) is 6.48 Å². The first-order valence-corrected chi connectivity index (χ1v) is 8.27. The smallest absolute Gasteiger partial charge is 0.00106 e. The molecule has 0 bridgehead atoms. The third kappa shape index (κ3) is 3.62. The zero-order chi connectivity index (χ0) is 13.8. The predicted molar refractivity (Wildman–Crippen MR) is 85.1 cm³/mol. The molecule has 0 N–H and O–H groups in total. The van der Waals surface area contributed by atoms with E-state index in [0.29, 0.717) is 0 Å². The summed E-state index contributed by atoms with van der Waals surface area (Å²) in [7, 11) is 2.25. The molecule has 0 saturated carbocycles. The van der Waals surface area contributed by atoms with Crippen molar-refractivity contribution in [2.75, 3.05) is 39.8 Å². The standard InChI is InChI=1S/C18H28N2/c1-19-11-7-16(8-12-19)15-20-13-9-18(10-14-20)17-5-3-2-4-6-17/h2-6,16,18H,7-15H2,1H3. The van der Waals surface area contributed by atoms with Crippen LogP contribution in [0.3, 0.4) is 0 Å². The lowest BCUT2D eigenvalue weighted by Gasteiger charge is -2.37. The molecule has 0 amide bonds. The molecule has 0 aliphatic carbocycles. The Hall–Kier alpha value is -0.860. The summed E-state index contributed by atoms with van der Waals surface area (Å²) in [6.45, 7) is 6.53.